The Morgan fingerprint density at radius 2 is 1.54 bits per heavy atom. The van der Waals surface area contributed by atoms with Gasteiger partial charge in [-0.1, -0.05) is 50.2 Å². The molecular formula is C23H29NO4. The van der Waals surface area contributed by atoms with Crippen LogP contribution in [0, 0.1) is 5.92 Å². The molecule has 0 radical (unpaired) electrons. The number of hydrogen-bond acceptors (Lipinski definition) is 4. The minimum atomic E-state index is -0.453. The lowest BCUT2D eigenvalue weighted by atomic mass is 10.0. The zero-order valence-corrected chi connectivity index (χ0v) is 17.0. The van der Waals surface area contributed by atoms with Crippen molar-refractivity contribution in [3.63, 3.8) is 0 Å². The molecule has 2 aromatic rings. The summed E-state index contributed by atoms with van der Waals surface area (Å²) in [5.74, 6) is 0.798. The van der Waals surface area contributed by atoms with Crippen LogP contribution in [0.1, 0.15) is 43.0 Å². The molecule has 0 spiro atoms. The largest absolute Gasteiger partial charge is 0.497 e. The Morgan fingerprint density at radius 3 is 2.07 bits per heavy atom. The Kier molecular flexibility index (Phi) is 8.05. The van der Waals surface area contributed by atoms with E-state index in [9.17, 15) is 9.59 Å². The second-order valence-corrected chi connectivity index (χ2v) is 7.26. The first-order chi connectivity index (χ1) is 13.4. The van der Waals surface area contributed by atoms with E-state index in [0.29, 0.717) is 11.7 Å². The molecule has 5 nitrogen and oxygen atoms in total. The predicted octanol–water partition coefficient (Wildman–Crippen LogP) is 3.86. The fraction of sp³-hybridized carbons (Fsp3) is 0.391. The second kappa shape index (κ2) is 10.5. The Balaban J connectivity index is 2.05. The van der Waals surface area contributed by atoms with E-state index in [1.165, 1.54) is 12.7 Å². The van der Waals surface area contributed by atoms with Crippen LogP contribution in [0.2, 0.25) is 0 Å². The molecule has 0 bridgehead atoms. The molecule has 0 saturated heterocycles. The number of ether oxygens (including phenoxy) is 2. The number of carbonyl (C=O) groups excluding carboxylic acids is 2. The van der Waals surface area contributed by atoms with Crippen molar-refractivity contribution in [1.82, 2.24) is 5.32 Å². The van der Waals surface area contributed by atoms with Crippen molar-refractivity contribution < 1.29 is 19.1 Å². The monoisotopic (exact) mass is 383 g/mol. The topological polar surface area (TPSA) is 64.6 Å². The Bertz CT molecular complexity index is 766. The van der Waals surface area contributed by atoms with E-state index >= 15 is 0 Å². The summed E-state index contributed by atoms with van der Waals surface area (Å²) in [7, 11) is 2.93. The SMILES string of the molecule is COC(=O)CC(NC(=O)Cc1ccc(CC(C)C)cc1)c1ccc(OC)cc1. The molecule has 0 fully saturated rings. The molecule has 1 unspecified atom stereocenters. The molecule has 0 aromatic heterocycles. The summed E-state index contributed by atoms with van der Waals surface area (Å²) in [5.41, 5.74) is 3.03. The summed E-state index contributed by atoms with van der Waals surface area (Å²) in [6.45, 7) is 4.37. The maximum absolute atomic E-state index is 12.6. The summed E-state index contributed by atoms with van der Waals surface area (Å²) < 4.78 is 9.94. The highest BCUT2D eigenvalue weighted by molar-refractivity contribution is 5.80. The van der Waals surface area contributed by atoms with Crippen molar-refractivity contribution in [1.29, 1.82) is 0 Å². The quantitative estimate of drug-likeness (QED) is 0.668. The number of nitrogens with one attached hydrogen (secondary N) is 1. The molecule has 1 atom stereocenters. The highest BCUT2D eigenvalue weighted by Crippen LogP contribution is 2.21. The summed E-state index contributed by atoms with van der Waals surface area (Å²) in [6.07, 6.45) is 1.35. The van der Waals surface area contributed by atoms with Crippen LogP contribution in [0.4, 0.5) is 0 Å². The maximum atomic E-state index is 12.6. The number of amides is 1. The van der Waals surface area contributed by atoms with E-state index in [2.05, 4.69) is 31.3 Å². The van der Waals surface area contributed by atoms with Crippen molar-refractivity contribution in [3.05, 3.63) is 65.2 Å². The van der Waals surface area contributed by atoms with E-state index in [1.807, 2.05) is 24.3 Å². The molecule has 28 heavy (non-hydrogen) atoms. The van der Waals surface area contributed by atoms with Crippen LogP contribution in [0.25, 0.3) is 0 Å². The molecule has 2 aromatic carbocycles. The standard InChI is InChI=1S/C23H29NO4/c1-16(2)13-17-5-7-18(8-6-17)14-22(25)24-21(15-23(26)28-4)19-9-11-20(27-3)12-10-19/h5-12,16,21H,13-15H2,1-4H3,(H,24,25). The molecular weight excluding hydrogens is 354 g/mol. The third-order valence-corrected chi connectivity index (χ3v) is 4.48. The molecule has 0 aliphatic heterocycles. The van der Waals surface area contributed by atoms with E-state index in [0.717, 1.165) is 17.5 Å². The lowest BCUT2D eigenvalue weighted by Gasteiger charge is -2.19. The average molecular weight is 383 g/mol. The minimum absolute atomic E-state index is 0.0713. The van der Waals surface area contributed by atoms with Gasteiger partial charge in [0.15, 0.2) is 0 Å². The zero-order chi connectivity index (χ0) is 20.5. The molecule has 1 amide bonds. The van der Waals surface area contributed by atoms with Crippen LogP contribution in [0.3, 0.4) is 0 Å². The van der Waals surface area contributed by atoms with Gasteiger partial charge in [0, 0.05) is 0 Å². The van der Waals surface area contributed by atoms with E-state index < -0.39 is 6.04 Å². The fourth-order valence-corrected chi connectivity index (χ4v) is 3.03. The fourth-order valence-electron chi connectivity index (χ4n) is 3.03. The first-order valence-corrected chi connectivity index (χ1v) is 9.49. The van der Waals surface area contributed by atoms with Gasteiger partial charge in [-0.15, -0.1) is 0 Å². The summed E-state index contributed by atoms with van der Waals surface area (Å²) in [4.78, 5) is 24.3. The van der Waals surface area contributed by atoms with Crippen LogP contribution in [-0.2, 0) is 27.2 Å². The van der Waals surface area contributed by atoms with Gasteiger partial charge in [-0.3, -0.25) is 9.59 Å². The molecule has 150 valence electrons. The van der Waals surface area contributed by atoms with Gasteiger partial charge in [0.2, 0.25) is 5.91 Å². The first-order valence-electron chi connectivity index (χ1n) is 9.49. The zero-order valence-electron chi connectivity index (χ0n) is 17.0. The van der Waals surface area contributed by atoms with Crippen LogP contribution in [0.5, 0.6) is 5.75 Å². The highest BCUT2D eigenvalue weighted by Gasteiger charge is 2.19. The number of methoxy groups -OCH3 is 2. The van der Waals surface area contributed by atoms with Crippen molar-refractivity contribution in [2.45, 2.75) is 39.2 Å². The van der Waals surface area contributed by atoms with Crippen LogP contribution in [-0.4, -0.2) is 26.1 Å². The first kappa shape index (κ1) is 21.5. The van der Waals surface area contributed by atoms with Gasteiger partial charge < -0.3 is 14.8 Å². The van der Waals surface area contributed by atoms with E-state index in [1.54, 1.807) is 19.2 Å². The predicted molar refractivity (Wildman–Crippen MR) is 109 cm³/mol. The number of hydrogen-bond donors (Lipinski definition) is 1. The number of esters is 1. The number of benzene rings is 2. The molecule has 0 aliphatic rings. The van der Waals surface area contributed by atoms with Gasteiger partial charge in [-0.2, -0.15) is 0 Å². The summed E-state index contributed by atoms with van der Waals surface area (Å²) in [5, 5.41) is 2.95. The third-order valence-electron chi connectivity index (χ3n) is 4.48. The molecule has 0 saturated carbocycles. The van der Waals surface area contributed by atoms with Gasteiger partial charge in [0.05, 0.1) is 33.1 Å². The van der Waals surface area contributed by atoms with Crippen molar-refractivity contribution in [2.75, 3.05) is 14.2 Å². The second-order valence-electron chi connectivity index (χ2n) is 7.26. The molecule has 5 heteroatoms. The van der Waals surface area contributed by atoms with E-state index in [-0.39, 0.29) is 24.7 Å². The van der Waals surface area contributed by atoms with Crippen molar-refractivity contribution in [3.8, 4) is 5.75 Å². The normalized spacial score (nSPS) is 11.8. The van der Waals surface area contributed by atoms with Gasteiger partial charge in [0.1, 0.15) is 5.75 Å². The van der Waals surface area contributed by atoms with Crippen molar-refractivity contribution in [2.24, 2.45) is 5.92 Å². The number of carbonyl (C=O) groups is 2. The molecule has 2 rings (SSSR count). The highest BCUT2D eigenvalue weighted by atomic mass is 16.5. The maximum Gasteiger partial charge on any atom is 0.307 e. The van der Waals surface area contributed by atoms with Crippen LogP contribution >= 0.6 is 0 Å². The smallest absolute Gasteiger partial charge is 0.307 e. The molecule has 0 aliphatic carbocycles. The van der Waals surface area contributed by atoms with Crippen LogP contribution in [0.15, 0.2) is 48.5 Å². The lowest BCUT2D eigenvalue weighted by molar-refractivity contribution is -0.141. The molecule has 1 N–H and O–H groups in total. The Morgan fingerprint density at radius 1 is 0.929 bits per heavy atom. The summed E-state index contributed by atoms with van der Waals surface area (Å²) in [6, 6.07) is 14.9. The van der Waals surface area contributed by atoms with E-state index in [4.69, 9.17) is 9.47 Å². The third kappa shape index (κ3) is 6.72. The summed E-state index contributed by atoms with van der Waals surface area (Å²) >= 11 is 0. The van der Waals surface area contributed by atoms with Crippen molar-refractivity contribution >= 4 is 11.9 Å². The Labute approximate surface area is 167 Å². The number of rotatable bonds is 9. The molecule has 0 heterocycles. The van der Waals surface area contributed by atoms with Crippen LogP contribution < -0.4 is 10.1 Å². The van der Waals surface area contributed by atoms with Gasteiger partial charge >= 0.3 is 5.97 Å². The van der Waals surface area contributed by atoms with Gasteiger partial charge in [0.25, 0.3) is 0 Å². The lowest BCUT2D eigenvalue weighted by Crippen LogP contribution is -2.31. The minimum Gasteiger partial charge on any atom is -0.497 e. The Hall–Kier alpha value is -2.82. The van der Waals surface area contributed by atoms with Gasteiger partial charge in [-0.25, -0.2) is 0 Å². The van der Waals surface area contributed by atoms with Gasteiger partial charge in [-0.05, 0) is 41.2 Å². The average Bonchev–Trinajstić information content (AvgIpc) is 2.68.